The molecule has 0 aliphatic heterocycles. The molecule has 16 heavy (non-hydrogen) atoms. The van der Waals surface area contributed by atoms with Crippen LogP contribution in [0.1, 0.15) is 5.69 Å². The lowest BCUT2D eigenvalue weighted by molar-refractivity contribution is 0.590. The summed E-state index contributed by atoms with van der Waals surface area (Å²) < 4.78 is 23.7. The highest BCUT2D eigenvalue weighted by atomic mass is 35.5. The van der Waals surface area contributed by atoms with Gasteiger partial charge >= 0.3 is 0 Å². The molecule has 0 radical (unpaired) electrons. The fraction of sp³-hybridized carbons (Fsp3) is 0. The van der Waals surface area contributed by atoms with Crippen LogP contribution in [0.3, 0.4) is 0 Å². The maximum Gasteiger partial charge on any atom is 0.258 e. The van der Waals surface area contributed by atoms with Crippen molar-refractivity contribution >= 4 is 33.3 Å². The predicted molar refractivity (Wildman–Crippen MR) is 59.5 cm³/mol. The van der Waals surface area contributed by atoms with Crippen LogP contribution >= 0.6 is 11.6 Å². The van der Waals surface area contributed by atoms with Crippen molar-refractivity contribution in [2.24, 2.45) is 5.14 Å². The maximum absolute atomic E-state index is 11.3. The van der Waals surface area contributed by atoms with Crippen LogP contribution in [-0.4, -0.2) is 23.0 Å². The van der Waals surface area contributed by atoms with E-state index in [0.717, 1.165) is 4.52 Å². The molecule has 0 amide bonds. The highest BCUT2D eigenvalue weighted by Gasteiger charge is 2.21. The molecular formula is C8H7ClN4O2S. The van der Waals surface area contributed by atoms with Crippen molar-refractivity contribution in [1.29, 1.82) is 0 Å². The number of nitrogens with zero attached hydrogens (tertiary/aromatic N) is 3. The van der Waals surface area contributed by atoms with Crippen LogP contribution in [0.15, 0.2) is 23.7 Å². The van der Waals surface area contributed by atoms with E-state index in [4.69, 9.17) is 16.7 Å². The van der Waals surface area contributed by atoms with E-state index in [1.807, 2.05) is 0 Å². The molecule has 0 saturated carbocycles. The summed E-state index contributed by atoms with van der Waals surface area (Å²) in [6, 6.07) is 3.21. The first-order valence-corrected chi connectivity index (χ1v) is 6.06. The van der Waals surface area contributed by atoms with Crippen LogP contribution in [0.4, 0.5) is 0 Å². The fourth-order valence-electron chi connectivity index (χ4n) is 1.25. The van der Waals surface area contributed by atoms with E-state index in [9.17, 15) is 8.42 Å². The van der Waals surface area contributed by atoms with Gasteiger partial charge in [-0.05, 0) is 18.2 Å². The largest absolute Gasteiger partial charge is 0.258 e. The topological polar surface area (TPSA) is 90.3 Å². The third kappa shape index (κ3) is 1.69. The molecule has 0 fully saturated rings. The maximum atomic E-state index is 11.3. The molecule has 2 rings (SSSR count). The molecule has 0 aliphatic carbocycles. The van der Waals surface area contributed by atoms with Crippen LogP contribution in [0.5, 0.6) is 0 Å². The number of aromatic nitrogens is 3. The molecule has 2 N–H and O–H groups in total. The number of halogens is 1. The second-order valence-electron chi connectivity index (χ2n) is 2.99. The number of hydrogen-bond acceptors (Lipinski definition) is 4. The van der Waals surface area contributed by atoms with Crippen LogP contribution in [0.2, 0.25) is 5.15 Å². The summed E-state index contributed by atoms with van der Waals surface area (Å²) >= 11 is 5.69. The van der Waals surface area contributed by atoms with Gasteiger partial charge in [0.05, 0.1) is 5.69 Å². The number of hydrogen-bond donors (Lipinski definition) is 1. The lowest BCUT2D eigenvalue weighted by Crippen LogP contribution is -2.16. The summed E-state index contributed by atoms with van der Waals surface area (Å²) in [7, 11) is -3.97. The van der Waals surface area contributed by atoms with Crippen molar-refractivity contribution in [1.82, 2.24) is 14.6 Å². The van der Waals surface area contributed by atoms with Gasteiger partial charge in [0.2, 0.25) is 5.03 Å². The molecule has 0 spiro atoms. The smallest absolute Gasteiger partial charge is 0.223 e. The van der Waals surface area contributed by atoms with Crippen molar-refractivity contribution in [3.63, 3.8) is 0 Å². The number of rotatable bonds is 2. The average Bonchev–Trinajstić information content (AvgIpc) is 2.51. The Hall–Kier alpha value is -1.44. The minimum atomic E-state index is -3.97. The van der Waals surface area contributed by atoms with Gasteiger partial charge in [-0.25, -0.2) is 18.5 Å². The van der Waals surface area contributed by atoms with Gasteiger partial charge in [-0.15, -0.1) is 0 Å². The van der Waals surface area contributed by atoms with Crippen LogP contribution in [0.25, 0.3) is 11.7 Å². The SMILES string of the molecule is C=Cc1ccc2nc(Cl)c(S(N)(=O)=O)n2n1. The van der Waals surface area contributed by atoms with E-state index in [1.165, 1.54) is 6.08 Å². The van der Waals surface area contributed by atoms with E-state index < -0.39 is 10.0 Å². The van der Waals surface area contributed by atoms with Crippen molar-refractivity contribution in [3.8, 4) is 0 Å². The zero-order valence-corrected chi connectivity index (χ0v) is 9.53. The van der Waals surface area contributed by atoms with E-state index in [1.54, 1.807) is 12.1 Å². The monoisotopic (exact) mass is 258 g/mol. The van der Waals surface area contributed by atoms with Gasteiger partial charge < -0.3 is 0 Å². The van der Waals surface area contributed by atoms with Gasteiger partial charge in [-0.2, -0.15) is 9.61 Å². The van der Waals surface area contributed by atoms with E-state index in [2.05, 4.69) is 16.7 Å². The van der Waals surface area contributed by atoms with Gasteiger partial charge in [0.25, 0.3) is 10.0 Å². The predicted octanol–water partition coefficient (Wildman–Crippen LogP) is 0.673. The molecule has 2 heterocycles. The highest BCUT2D eigenvalue weighted by Crippen LogP contribution is 2.20. The van der Waals surface area contributed by atoms with Crippen LogP contribution < -0.4 is 5.14 Å². The zero-order valence-electron chi connectivity index (χ0n) is 7.96. The lowest BCUT2D eigenvalue weighted by Gasteiger charge is -1.99. The third-order valence-corrected chi connectivity index (χ3v) is 3.18. The second-order valence-corrected chi connectivity index (χ2v) is 4.82. The average molecular weight is 259 g/mol. The molecule has 2 aromatic rings. The molecule has 0 unspecified atom stereocenters. The number of nitrogens with two attached hydrogens (primary N) is 1. The van der Waals surface area contributed by atoms with Crippen molar-refractivity contribution in [3.05, 3.63) is 29.6 Å². The first-order chi connectivity index (χ1) is 7.43. The number of sulfonamides is 1. The number of fused-ring (bicyclic) bond motifs is 1. The summed E-state index contributed by atoms with van der Waals surface area (Å²) in [5.41, 5.74) is 0.797. The minimum absolute atomic E-state index is 0.198. The Morgan fingerprint density at radius 2 is 2.19 bits per heavy atom. The van der Waals surface area contributed by atoms with E-state index >= 15 is 0 Å². The Balaban J connectivity index is 2.92. The Morgan fingerprint density at radius 1 is 1.50 bits per heavy atom. The molecule has 0 atom stereocenters. The van der Waals surface area contributed by atoms with Crippen molar-refractivity contribution in [2.75, 3.05) is 0 Å². The van der Waals surface area contributed by atoms with Crippen LogP contribution in [-0.2, 0) is 10.0 Å². The molecule has 8 heteroatoms. The van der Waals surface area contributed by atoms with E-state index in [0.29, 0.717) is 11.3 Å². The Kier molecular flexibility index (Phi) is 2.45. The Morgan fingerprint density at radius 3 is 2.75 bits per heavy atom. The summed E-state index contributed by atoms with van der Waals surface area (Å²) in [4.78, 5) is 3.83. The molecule has 6 nitrogen and oxygen atoms in total. The third-order valence-electron chi connectivity index (χ3n) is 1.90. The molecule has 0 aromatic carbocycles. The molecule has 0 saturated heterocycles. The first-order valence-electron chi connectivity index (χ1n) is 4.14. The highest BCUT2D eigenvalue weighted by molar-refractivity contribution is 7.89. The molecule has 0 bridgehead atoms. The fourth-order valence-corrected chi connectivity index (χ4v) is 2.39. The molecule has 84 valence electrons. The zero-order chi connectivity index (χ0) is 11.9. The standard InChI is InChI=1S/C8H7ClN4O2S/c1-2-5-3-4-6-11-7(9)8(13(6)12-5)16(10,14)15/h2-4H,1H2,(H2,10,14,15). The number of primary sulfonamides is 1. The summed E-state index contributed by atoms with van der Waals surface area (Å²) in [6.07, 6.45) is 1.47. The summed E-state index contributed by atoms with van der Waals surface area (Å²) in [5.74, 6) is 0. The van der Waals surface area contributed by atoms with Gasteiger partial charge in [-0.3, -0.25) is 0 Å². The normalized spacial score (nSPS) is 11.9. The van der Waals surface area contributed by atoms with Gasteiger partial charge in [-0.1, -0.05) is 18.2 Å². The minimum Gasteiger partial charge on any atom is -0.223 e. The van der Waals surface area contributed by atoms with E-state index in [-0.39, 0.29) is 10.2 Å². The van der Waals surface area contributed by atoms with Crippen molar-refractivity contribution in [2.45, 2.75) is 5.03 Å². The Bertz CT molecular complexity index is 677. The second kappa shape index (κ2) is 3.55. The first kappa shape index (κ1) is 11.1. The van der Waals surface area contributed by atoms with Gasteiger partial charge in [0.1, 0.15) is 0 Å². The van der Waals surface area contributed by atoms with Gasteiger partial charge in [0.15, 0.2) is 10.8 Å². The summed E-state index contributed by atoms with van der Waals surface area (Å²) in [5, 5.41) is 8.47. The van der Waals surface area contributed by atoms with Crippen LogP contribution in [0, 0.1) is 0 Å². The lowest BCUT2D eigenvalue weighted by atomic mass is 10.4. The molecule has 0 aliphatic rings. The molecular weight excluding hydrogens is 252 g/mol. The Labute approximate surface area is 96.4 Å². The van der Waals surface area contributed by atoms with Gasteiger partial charge in [0, 0.05) is 0 Å². The quantitative estimate of drug-likeness (QED) is 0.857. The number of imidazole rings is 1. The van der Waals surface area contributed by atoms with Crippen molar-refractivity contribution < 1.29 is 8.42 Å². The summed E-state index contributed by atoms with van der Waals surface area (Å²) in [6.45, 7) is 3.53. The molecule has 2 aromatic heterocycles.